The van der Waals surface area contributed by atoms with Crippen molar-refractivity contribution in [3.63, 3.8) is 0 Å². The highest BCUT2D eigenvalue weighted by Gasteiger charge is 2.18. The lowest BCUT2D eigenvalue weighted by Crippen LogP contribution is -2.09. The third-order valence-electron chi connectivity index (χ3n) is 3.57. The van der Waals surface area contributed by atoms with Gasteiger partial charge >= 0.3 is 0 Å². The van der Waals surface area contributed by atoms with Gasteiger partial charge in [0.2, 0.25) is 0 Å². The van der Waals surface area contributed by atoms with Crippen molar-refractivity contribution in [2.75, 3.05) is 12.4 Å². The lowest BCUT2D eigenvalue weighted by molar-refractivity contribution is 0.958. The van der Waals surface area contributed by atoms with E-state index in [1.807, 2.05) is 36.1 Å². The molecule has 1 N–H and O–H groups in total. The van der Waals surface area contributed by atoms with Crippen molar-refractivity contribution in [1.29, 1.82) is 0 Å². The molecule has 1 aliphatic rings. The van der Waals surface area contributed by atoms with E-state index in [-0.39, 0.29) is 0 Å². The second-order valence-corrected chi connectivity index (χ2v) is 5.93. The zero-order chi connectivity index (χ0) is 14.9. The minimum Gasteiger partial charge on any atom is -0.365 e. The van der Waals surface area contributed by atoms with Crippen molar-refractivity contribution in [1.82, 2.24) is 19.5 Å². The van der Waals surface area contributed by atoms with E-state index in [0.717, 1.165) is 45.8 Å². The number of nitrogens with one attached hydrogen (secondary N) is 1. The molecule has 0 saturated heterocycles. The van der Waals surface area contributed by atoms with Crippen molar-refractivity contribution < 1.29 is 0 Å². The molecule has 22 heavy (non-hydrogen) atoms. The molecule has 0 spiro atoms. The van der Waals surface area contributed by atoms with Crippen molar-refractivity contribution in [2.45, 2.75) is 12.8 Å². The lowest BCUT2D eigenvalue weighted by Gasteiger charge is -2.11. The number of aliphatic imine (C=N–C) groups is 1. The second-order valence-electron chi connectivity index (χ2n) is 4.95. The Hall–Kier alpha value is -2.54. The Bertz CT molecular complexity index is 816. The van der Waals surface area contributed by atoms with E-state index in [1.165, 1.54) is 0 Å². The first-order valence-electron chi connectivity index (χ1n) is 7.03. The molecule has 1 aliphatic heterocycles. The second kappa shape index (κ2) is 5.34. The van der Waals surface area contributed by atoms with E-state index in [0.29, 0.717) is 0 Å². The van der Waals surface area contributed by atoms with Crippen LogP contribution in [-0.4, -0.2) is 32.3 Å². The van der Waals surface area contributed by atoms with Crippen molar-refractivity contribution in [3.8, 4) is 5.69 Å². The fourth-order valence-corrected chi connectivity index (χ4v) is 3.29. The fraction of sp³-hybridized carbons (Fsp3) is 0.200. The molecule has 3 aromatic heterocycles. The minimum atomic E-state index is 0.872. The van der Waals surface area contributed by atoms with Gasteiger partial charge in [-0.15, -0.1) is 0 Å². The van der Waals surface area contributed by atoms with E-state index < -0.39 is 0 Å². The number of nitrogens with zero attached hydrogens (tertiary/aromatic N) is 5. The summed E-state index contributed by atoms with van der Waals surface area (Å²) in [5.41, 5.74) is 4.02. The van der Waals surface area contributed by atoms with Crippen molar-refractivity contribution in [2.24, 2.45) is 4.99 Å². The highest BCUT2D eigenvalue weighted by Crippen LogP contribution is 2.35. The summed E-state index contributed by atoms with van der Waals surface area (Å²) in [4.78, 5) is 17.8. The standard InChI is InChI=1S/C15H14N6S/c1-16-15-20-13-5-4-12(19-14(13)22-15)11-3-2-10(8-18-11)21-7-6-17-9-21/h2-3,6-9H,4-5H2,1H3,(H,16,20). The highest BCUT2D eigenvalue weighted by atomic mass is 32.1. The van der Waals surface area contributed by atoms with Crippen LogP contribution < -0.4 is 5.32 Å². The Labute approximate surface area is 131 Å². The average Bonchev–Trinajstić information content (AvgIpc) is 3.23. The molecule has 4 rings (SSSR count). The Morgan fingerprint density at radius 3 is 2.95 bits per heavy atom. The van der Waals surface area contributed by atoms with Gasteiger partial charge in [0.1, 0.15) is 5.00 Å². The largest absolute Gasteiger partial charge is 0.365 e. The number of aromatic nitrogens is 4. The Morgan fingerprint density at radius 2 is 2.23 bits per heavy atom. The molecular weight excluding hydrogens is 296 g/mol. The number of pyridine rings is 1. The van der Waals surface area contributed by atoms with Crippen LogP contribution in [0.4, 0.5) is 10.1 Å². The van der Waals surface area contributed by atoms with Crippen LogP contribution >= 0.6 is 11.3 Å². The van der Waals surface area contributed by atoms with Gasteiger partial charge in [0.25, 0.3) is 0 Å². The normalized spacial score (nSPS) is 13.6. The van der Waals surface area contributed by atoms with E-state index >= 15 is 0 Å². The summed E-state index contributed by atoms with van der Waals surface area (Å²) >= 11 is 1.59. The fourth-order valence-electron chi connectivity index (χ4n) is 2.42. The molecule has 0 bridgehead atoms. The van der Waals surface area contributed by atoms with Crippen LogP contribution in [0.25, 0.3) is 5.69 Å². The molecule has 7 heteroatoms. The first-order chi connectivity index (χ1) is 10.8. The van der Waals surface area contributed by atoms with E-state index in [4.69, 9.17) is 4.99 Å². The van der Waals surface area contributed by atoms with Crippen molar-refractivity contribution in [3.05, 3.63) is 48.4 Å². The summed E-state index contributed by atoms with van der Waals surface area (Å²) in [7, 11) is 1.88. The zero-order valence-corrected chi connectivity index (χ0v) is 12.8. The molecule has 0 unspecified atom stereocenters. The molecule has 0 atom stereocenters. The van der Waals surface area contributed by atoms with E-state index in [9.17, 15) is 0 Å². The Balaban J connectivity index is 1.65. The molecule has 0 amide bonds. The third-order valence-corrected chi connectivity index (χ3v) is 4.58. The van der Waals surface area contributed by atoms with Gasteiger partial charge in [-0.2, -0.15) is 0 Å². The van der Waals surface area contributed by atoms with Crippen molar-refractivity contribution >= 4 is 27.2 Å². The maximum atomic E-state index is 4.73. The van der Waals surface area contributed by atoms with Gasteiger partial charge in [0.05, 0.1) is 35.3 Å². The number of hydrogen-bond acceptors (Lipinski definition) is 6. The van der Waals surface area contributed by atoms with Gasteiger partial charge in [-0.05, 0) is 25.0 Å². The van der Waals surface area contributed by atoms with E-state index in [1.54, 1.807) is 23.9 Å². The number of anilines is 1. The Morgan fingerprint density at radius 1 is 1.27 bits per heavy atom. The monoisotopic (exact) mass is 310 g/mol. The highest BCUT2D eigenvalue weighted by molar-refractivity contribution is 7.19. The molecular formula is C15H14N6S. The molecule has 110 valence electrons. The van der Waals surface area contributed by atoms with Gasteiger partial charge < -0.3 is 9.88 Å². The zero-order valence-electron chi connectivity index (χ0n) is 12.0. The first-order valence-corrected chi connectivity index (χ1v) is 7.85. The predicted molar refractivity (Wildman–Crippen MR) is 87.5 cm³/mol. The summed E-state index contributed by atoms with van der Waals surface area (Å²) in [6, 6.07) is 4.05. The summed E-state index contributed by atoms with van der Waals surface area (Å²) in [6.45, 7) is 0. The number of aryl methyl sites for hydroxylation is 1. The molecule has 0 fully saturated rings. The maximum Gasteiger partial charge on any atom is 0.184 e. The van der Waals surface area contributed by atoms with Crippen LogP contribution in [0.15, 0.2) is 42.0 Å². The summed E-state index contributed by atoms with van der Waals surface area (Å²) in [6.07, 6.45) is 9.05. The van der Waals surface area contributed by atoms with Gasteiger partial charge in [-0.25, -0.2) is 15.0 Å². The molecule has 0 aromatic carbocycles. The Kier molecular flexibility index (Phi) is 3.19. The molecule has 0 saturated carbocycles. The van der Waals surface area contributed by atoms with Crippen LogP contribution in [0.3, 0.4) is 0 Å². The number of thiazole rings is 1. The smallest absolute Gasteiger partial charge is 0.184 e. The number of fused-ring (bicyclic) bond motifs is 1. The average molecular weight is 310 g/mol. The van der Waals surface area contributed by atoms with Gasteiger partial charge in [0.15, 0.2) is 5.13 Å². The summed E-state index contributed by atoms with van der Waals surface area (Å²) in [5.74, 6) is 0. The first kappa shape index (κ1) is 13.1. The number of rotatable bonds is 3. The van der Waals surface area contributed by atoms with Crippen LogP contribution in [0.1, 0.15) is 17.8 Å². The quantitative estimate of drug-likeness (QED) is 0.807. The molecule has 0 radical (unpaired) electrons. The molecule has 6 nitrogen and oxygen atoms in total. The van der Waals surface area contributed by atoms with Crippen LogP contribution in [0, 0.1) is 0 Å². The molecule has 0 aliphatic carbocycles. The minimum absolute atomic E-state index is 0.872. The van der Waals surface area contributed by atoms with E-state index in [2.05, 4.69) is 20.3 Å². The van der Waals surface area contributed by atoms with Crippen LogP contribution in [-0.2, 0) is 6.42 Å². The SMILES string of the molecule is CNc1nc2c(s1)N=C(c1ccc(-n3ccnc3)cn1)CC2. The van der Waals surface area contributed by atoms with Crippen LogP contribution in [0.2, 0.25) is 0 Å². The lowest BCUT2D eigenvalue weighted by atomic mass is 10.1. The van der Waals surface area contributed by atoms with Crippen LogP contribution in [0.5, 0.6) is 0 Å². The van der Waals surface area contributed by atoms with Gasteiger partial charge in [-0.3, -0.25) is 4.98 Å². The molecule has 4 heterocycles. The number of hydrogen-bond donors (Lipinski definition) is 1. The summed E-state index contributed by atoms with van der Waals surface area (Å²) < 4.78 is 1.93. The number of imidazole rings is 1. The third kappa shape index (κ3) is 2.29. The van der Waals surface area contributed by atoms with Gasteiger partial charge in [0, 0.05) is 19.4 Å². The summed E-state index contributed by atoms with van der Waals surface area (Å²) in [5, 5.41) is 4.98. The predicted octanol–water partition coefficient (Wildman–Crippen LogP) is 2.83. The van der Waals surface area contributed by atoms with Gasteiger partial charge in [-0.1, -0.05) is 11.3 Å². The topological polar surface area (TPSA) is 68.0 Å². The molecule has 3 aromatic rings. The maximum absolute atomic E-state index is 4.73.